The van der Waals surface area contributed by atoms with Crippen molar-refractivity contribution in [1.29, 1.82) is 0 Å². The molecular weight excluding hydrogens is 480 g/mol. The van der Waals surface area contributed by atoms with Crippen LogP contribution in [0.4, 0.5) is 0 Å². The summed E-state index contributed by atoms with van der Waals surface area (Å²) in [6.45, 7) is 1.78. The van der Waals surface area contributed by atoms with Gasteiger partial charge in [0.25, 0.3) is 0 Å². The van der Waals surface area contributed by atoms with Crippen LogP contribution in [0.5, 0.6) is 0 Å². The van der Waals surface area contributed by atoms with Gasteiger partial charge < -0.3 is 49.7 Å². The fraction of sp³-hybridized carbons (Fsp3) is 0.833. The fourth-order valence-electron chi connectivity index (χ4n) is 3.74. The zero-order valence-electron chi connectivity index (χ0n) is 22.1. The Balaban J connectivity index is 5.43. The molecule has 14 N–H and O–H groups in total. The van der Waals surface area contributed by atoms with E-state index in [1.165, 1.54) is 0 Å². The third kappa shape index (κ3) is 16.2. The average Bonchev–Trinajstić information content (AvgIpc) is 2.86. The molecule has 216 valence electrons. The molecule has 0 aromatic rings. The highest BCUT2D eigenvalue weighted by molar-refractivity contribution is 5.94. The van der Waals surface area contributed by atoms with Crippen molar-refractivity contribution in [3.63, 3.8) is 0 Å². The Morgan fingerprint density at radius 3 is 1.22 bits per heavy atom. The van der Waals surface area contributed by atoms with E-state index in [0.29, 0.717) is 84.0 Å². The van der Waals surface area contributed by atoms with E-state index in [1.807, 2.05) is 0 Å². The largest absolute Gasteiger partial charge is 0.480 e. The van der Waals surface area contributed by atoms with Crippen LogP contribution in [0.15, 0.2) is 0 Å². The van der Waals surface area contributed by atoms with Gasteiger partial charge in [0.2, 0.25) is 17.7 Å². The van der Waals surface area contributed by atoms with Crippen molar-refractivity contribution < 1.29 is 24.3 Å². The summed E-state index contributed by atoms with van der Waals surface area (Å²) < 4.78 is 0. The molecule has 37 heavy (non-hydrogen) atoms. The van der Waals surface area contributed by atoms with E-state index in [2.05, 4.69) is 16.0 Å². The number of hydrogen-bond donors (Lipinski definition) is 9. The molecule has 3 amide bonds. The highest BCUT2D eigenvalue weighted by atomic mass is 16.4. The van der Waals surface area contributed by atoms with E-state index in [0.717, 1.165) is 6.42 Å². The van der Waals surface area contributed by atoms with Crippen molar-refractivity contribution >= 4 is 23.7 Å². The molecule has 0 aliphatic carbocycles. The van der Waals surface area contributed by atoms with E-state index in [4.69, 9.17) is 28.7 Å². The third-order valence-corrected chi connectivity index (χ3v) is 6.03. The summed E-state index contributed by atoms with van der Waals surface area (Å²) in [7, 11) is 0. The second-order valence-electron chi connectivity index (χ2n) is 9.27. The maximum Gasteiger partial charge on any atom is 0.326 e. The molecular formula is C24H50N8O5. The monoisotopic (exact) mass is 530 g/mol. The van der Waals surface area contributed by atoms with Gasteiger partial charge in [-0.3, -0.25) is 14.4 Å². The Morgan fingerprint density at radius 2 is 0.838 bits per heavy atom. The lowest BCUT2D eigenvalue weighted by molar-refractivity contribution is -0.142. The highest BCUT2D eigenvalue weighted by Crippen LogP contribution is 2.08. The maximum absolute atomic E-state index is 13.2. The number of carboxylic acids is 1. The smallest absolute Gasteiger partial charge is 0.326 e. The molecule has 0 radical (unpaired) electrons. The number of amides is 3. The molecule has 0 rings (SSSR count). The average molecular weight is 531 g/mol. The van der Waals surface area contributed by atoms with Crippen LogP contribution < -0.4 is 44.6 Å². The zero-order valence-corrected chi connectivity index (χ0v) is 22.1. The van der Waals surface area contributed by atoms with Crippen molar-refractivity contribution in [2.24, 2.45) is 28.7 Å². The standard InChI is InChI=1S/C24H50N8O5/c25-13-5-1-9-17(29)21(33)30-18(10-2-6-14-26)22(34)31-19(11-3-7-15-27)23(35)32-20(24(36)37)12-4-8-16-28/h17-20H,1-16,25-29H2,(H,30,33)(H,31,34)(H,32,35)(H,36,37)/t17-,18+,19+,20+/m0/s1. The van der Waals surface area contributed by atoms with Crippen molar-refractivity contribution in [2.75, 3.05) is 26.2 Å². The van der Waals surface area contributed by atoms with Crippen LogP contribution in [-0.4, -0.2) is 79.1 Å². The first-order valence-electron chi connectivity index (χ1n) is 13.4. The molecule has 0 aliphatic heterocycles. The van der Waals surface area contributed by atoms with Crippen LogP contribution in [0.3, 0.4) is 0 Å². The van der Waals surface area contributed by atoms with Gasteiger partial charge in [-0.05, 0) is 96.8 Å². The van der Waals surface area contributed by atoms with Gasteiger partial charge in [-0.25, -0.2) is 4.79 Å². The topological polar surface area (TPSA) is 255 Å². The van der Waals surface area contributed by atoms with E-state index in [-0.39, 0.29) is 12.8 Å². The van der Waals surface area contributed by atoms with Crippen LogP contribution in [0.2, 0.25) is 0 Å². The number of nitrogens with two attached hydrogens (primary N) is 5. The van der Waals surface area contributed by atoms with Crippen molar-refractivity contribution in [2.45, 2.75) is 101 Å². The molecule has 0 aromatic carbocycles. The second kappa shape index (κ2) is 21.7. The number of aliphatic carboxylic acids is 1. The summed E-state index contributed by atoms with van der Waals surface area (Å²) in [5, 5.41) is 17.4. The summed E-state index contributed by atoms with van der Waals surface area (Å²) >= 11 is 0. The normalized spacial score (nSPS) is 14.3. The molecule has 0 aromatic heterocycles. The van der Waals surface area contributed by atoms with Gasteiger partial charge in [0.1, 0.15) is 18.1 Å². The van der Waals surface area contributed by atoms with Gasteiger partial charge in [-0.2, -0.15) is 0 Å². The molecule has 13 nitrogen and oxygen atoms in total. The minimum atomic E-state index is -1.16. The van der Waals surface area contributed by atoms with Gasteiger partial charge in [0.05, 0.1) is 6.04 Å². The van der Waals surface area contributed by atoms with Gasteiger partial charge in [0, 0.05) is 0 Å². The van der Waals surface area contributed by atoms with Crippen molar-refractivity contribution in [3.05, 3.63) is 0 Å². The minimum Gasteiger partial charge on any atom is -0.480 e. The first kappa shape index (κ1) is 34.7. The van der Waals surface area contributed by atoms with Crippen LogP contribution in [0.1, 0.15) is 77.0 Å². The Labute approximate surface area is 220 Å². The molecule has 0 spiro atoms. The minimum absolute atomic E-state index is 0.224. The number of rotatable bonds is 23. The lowest BCUT2D eigenvalue weighted by Gasteiger charge is -2.25. The number of carboxylic acid groups (broad SMARTS) is 1. The molecule has 0 unspecified atom stereocenters. The summed E-state index contributed by atoms with van der Waals surface area (Å²) in [5.74, 6) is -2.76. The second-order valence-corrected chi connectivity index (χ2v) is 9.27. The summed E-state index contributed by atoms with van der Waals surface area (Å²) in [4.78, 5) is 50.4. The predicted octanol–water partition coefficient (Wildman–Crippen LogP) is -1.63. The van der Waals surface area contributed by atoms with E-state index >= 15 is 0 Å². The Morgan fingerprint density at radius 1 is 0.514 bits per heavy atom. The molecule has 0 saturated heterocycles. The van der Waals surface area contributed by atoms with E-state index in [1.54, 1.807) is 0 Å². The quantitative estimate of drug-likeness (QED) is 0.0681. The molecule has 0 aliphatic rings. The number of nitrogens with one attached hydrogen (secondary N) is 3. The van der Waals surface area contributed by atoms with E-state index < -0.39 is 47.9 Å². The summed E-state index contributed by atoms with van der Waals surface area (Å²) in [5.41, 5.74) is 28.1. The number of hydrogen-bond acceptors (Lipinski definition) is 9. The first-order chi connectivity index (χ1) is 17.7. The highest BCUT2D eigenvalue weighted by Gasteiger charge is 2.29. The van der Waals surface area contributed by atoms with Crippen LogP contribution in [-0.2, 0) is 19.2 Å². The first-order valence-corrected chi connectivity index (χ1v) is 13.4. The van der Waals surface area contributed by atoms with Crippen molar-refractivity contribution in [3.8, 4) is 0 Å². The van der Waals surface area contributed by atoms with Gasteiger partial charge in [-0.1, -0.05) is 6.42 Å². The Hall–Kier alpha value is -2.32. The van der Waals surface area contributed by atoms with Crippen molar-refractivity contribution in [1.82, 2.24) is 16.0 Å². The zero-order chi connectivity index (χ0) is 28.1. The fourth-order valence-corrected chi connectivity index (χ4v) is 3.74. The van der Waals surface area contributed by atoms with Gasteiger partial charge in [-0.15, -0.1) is 0 Å². The van der Waals surface area contributed by atoms with Gasteiger partial charge >= 0.3 is 5.97 Å². The summed E-state index contributed by atoms with van der Waals surface area (Å²) in [6.07, 6.45) is 6.28. The number of carbonyl (C=O) groups excluding carboxylic acids is 3. The molecule has 0 bridgehead atoms. The van der Waals surface area contributed by atoms with Crippen LogP contribution in [0, 0.1) is 0 Å². The third-order valence-electron chi connectivity index (χ3n) is 6.03. The number of carbonyl (C=O) groups is 4. The Bertz CT molecular complexity index is 667. The lowest BCUT2D eigenvalue weighted by atomic mass is 10.0. The number of unbranched alkanes of at least 4 members (excludes halogenated alkanes) is 4. The molecule has 0 fully saturated rings. The summed E-state index contributed by atoms with van der Waals surface area (Å²) in [6, 6.07) is -3.78. The van der Waals surface area contributed by atoms with E-state index in [9.17, 15) is 24.3 Å². The lowest BCUT2D eigenvalue weighted by Crippen LogP contribution is -2.57. The van der Waals surface area contributed by atoms with Gasteiger partial charge in [0.15, 0.2) is 0 Å². The van der Waals surface area contributed by atoms with Crippen LogP contribution >= 0.6 is 0 Å². The maximum atomic E-state index is 13.2. The molecule has 0 saturated carbocycles. The molecule has 0 heterocycles. The van der Waals surface area contributed by atoms with Crippen LogP contribution in [0.25, 0.3) is 0 Å². The predicted molar refractivity (Wildman–Crippen MR) is 143 cm³/mol. The SMILES string of the molecule is NCCCC[C@H](N)C(=O)N[C@H](CCCCN)C(=O)N[C@H](CCCCN)C(=O)N[C@H](CCCCN)C(=O)O. The Kier molecular flexibility index (Phi) is 20.4. The molecule has 4 atom stereocenters. The molecule has 13 heteroatoms.